The average Bonchev–Trinajstić information content (AvgIpc) is 2.78. The highest BCUT2D eigenvalue weighted by Crippen LogP contribution is 2.16. The first kappa shape index (κ1) is 14.1. The van der Waals surface area contributed by atoms with Gasteiger partial charge >= 0.3 is 0 Å². The first-order valence-electron chi connectivity index (χ1n) is 5.81. The molecule has 0 aliphatic rings. The van der Waals surface area contributed by atoms with E-state index in [1.165, 1.54) is 16.9 Å². The van der Waals surface area contributed by atoms with Crippen LogP contribution in [0.2, 0.25) is 0 Å². The van der Waals surface area contributed by atoms with Gasteiger partial charge in [-0.25, -0.2) is 0 Å². The Kier molecular flexibility index (Phi) is 3.75. The molecule has 0 spiro atoms. The lowest BCUT2D eigenvalue weighted by atomic mass is 10.1. The van der Waals surface area contributed by atoms with Gasteiger partial charge in [-0.05, 0) is 23.8 Å². The van der Waals surface area contributed by atoms with E-state index in [0.29, 0.717) is 12.1 Å². The minimum atomic E-state index is -3.65. The summed E-state index contributed by atoms with van der Waals surface area (Å²) in [5.74, 6) is 0.0632. The van der Waals surface area contributed by atoms with Crippen LogP contribution in [0.1, 0.15) is 5.56 Å². The topological polar surface area (TPSA) is 114 Å². The van der Waals surface area contributed by atoms with E-state index >= 15 is 0 Å². The summed E-state index contributed by atoms with van der Waals surface area (Å²) >= 11 is 0. The number of nitrogens with two attached hydrogens (primary N) is 1. The van der Waals surface area contributed by atoms with Gasteiger partial charge in [-0.2, -0.15) is 13.5 Å². The molecule has 2 rings (SSSR count). The molecule has 0 bridgehead atoms. The molecular formula is C12H15N5O2S. The molecule has 0 aliphatic carbocycles. The van der Waals surface area contributed by atoms with Crippen molar-refractivity contribution in [3.05, 3.63) is 42.1 Å². The highest BCUT2D eigenvalue weighted by molar-refractivity contribution is 7.92. The van der Waals surface area contributed by atoms with Crippen molar-refractivity contribution >= 4 is 21.5 Å². The molecule has 8 heteroatoms. The van der Waals surface area contributed by atoms with Gasteiger partial charge in [0.25, 0.3) is 10.0 Å². The molecule has 4 N–H and O–H groups in total. The van der Waals surface area contributed by atoms with Crippen molar-refractivity contribution in [2.75, 3.05) is 4.72 Å². The summed E-state index contributed by atoms with van der Waals surface area (Å²) in [6, 6.07) is 8.13. The van der Waals surface area contributed by atoms with Crippen molar-refractivity contribution in [1.29, 1.82) is 5.41 Å². The number of nitrogens with zero attached hydrogens (tertiary/aromatic N) is 2. The van der Waals surface area contributed by atoms with Crippen LogP contribution >= 0.6 is 0 Å². The molecule has 106 valence electrons. The fourth-order valence-corrected chi connectivity index (χ4v) is 2.93. The number of nitrogens with one attached hydrogen (secondary N) is 2. The molecule has 7 nitrogen and oxygen atoms in total. The lowest BCUT2D eigenvalue weighted by molar-refractivity contribution is 0.582. The van der Waals surface area contributed by atoms with Gasteiger partial charge in [0.05, 0.1) is 12.0 Å². The molecule has 1 heterocycles. The molecule has 0 unspecified atom stereocenters. The molecule has 2 aromatic rings. The quantitative estimate of drug-likeness (QED) is 0.556. The van der Waals surface area contributed by atoms with E-state index in [9.17, 15) is 8.42 Å². The van der Waals surface area contributed by atoms with Crippen molar-refractivity contribution < 1.29 is 8.42 Å². The van der Waals surface area contributed by atoms with Gasteiger partial charge in [-0.15, -0.1) is 0 Å². The number of aromatic nitrogens is 2. The molecule has 0 radical (unpaired) electrons. The lowest BCUT2D eigenvalue weighted by Gasteiger charge is -2.08. The molecule has 0 aliphatic heterocycles. The third-order valence-electron chi connectivity index (χ3n) is 2.65. The van der Waals surface area contributed by atoms with Gasteiger partial charge in [0.2, 0.25) is 0 Å². The molecule has 0 fully saturated rings. The van der Waals surface area contributed by atoms with E-state index < -0.39 is 10.0 Å². The second-order valence-corrected chi connectivity index (χ2v) is 5.93. The van der Waals surface area contributed by atoms with Gasteiger partial charge < -0.3 is 5.73 Å². The number of amidine groups is 1. The summed E-state index contributed by atoms with van der Waals surface area (Å²) in [5.41, 5.74) is 6.60. The van der Waals surface area contributed by atoms with Gasteiger partial charge in [0.1, 0.15) is 0 Å². The predicted molar refractivity (Wildman–Crippen MR) is 76.1 cm³/mol. The molecule has 0 saturated carbocycles. The largest absolute Gasteiger partial charge is 0.387 e. The third-order valence-corrected chi connectivity index (χ3v) is 4.11. The molecule has 1 aromatic carbocycles. The second-order valence-electron chi connectivity index (χ2n) is 4.30. The van der Waals surface area contributed by atoms with Crippen LogP contribution in [0.25, 0.3) is 0 Å². The number of hydrogen-bond acceptors (Lipinski definition) is 4. The Hall–Kier alpha value is -2.35. The van der Waals surface area contributed by atoms with Crippen LogP contribution in [-0.4, -0.2) is 24.0 Å². The number of benzene rings is 1. The molecule has 1 aromatic heterocycles. The number of aryl methyl sites for hydroxylation is 1. The van der Waals surface area contributed by atoms with E-state index in [1.807, 2.05) is 0 Å². The minimum Gasteiger partial charge on any atom is -0.387 e. The van der Waals surface area contributed by atoms with Crippen molar-refractivity contribution in [3.8, 4) is 0 Å². The highest BCUT2D eigenvalue weighted by Gasteiger charge is 2.17. The SMILES string of the molecule is Cn1nccc1S(=O)(=O)Nc1ccc(CC(=N)N)cc1. The summed E-state index contributed by atoms with van der Waals surface area (Å²) in [6.07, 6.45) is 1.76. The standard InChI is InChI=1S/C12H15N5O2S/c1-17-12(6-7-15-17)20(18,19)16-10-4-2-9(3-5-10)8-11(13)14/h2-7,16H,8H2,1H3,(H3,13,14). The Morgan fingerprint density at radius 3 is 2.50 bits per heavy atom. The van der Waals surface area contributed by atoms with Gasteiger partial charge in [0, 0.05) is 19.2 Å². The van der Waals surface area contributed by atoms with Gasteiger partial charge in [0.15, 0.2) is 5.03 Å². The number of sulfonamides is 1. The monoisotopic (exact) mass is 293 g/mol. The summed E-state index contributed by atoms with van der Waals surface area (Å²) in [6.45, 7) is 0. The van der Waals surface area contributed by atoms with Crippen LogP contribution in [-0.2, 0) is 23.5 Å². The number of anilines is 1. The molecule has 0 atom stereocenters. The Morgan fingerprint density at radius 2 is 2.00 bits per heavy atom. The zero-order valence-corrected chi connectivity index (χ0v) is 11.7. The molecule has 20 heavy (non-hydrogen) atoms. The maximum atomic E-state index is 12.1. The van der Waals surface area contributed by atoms with Gasteiger partial charge in [-0.1, -0.05) is 12.1 Å². The third kappa shape index (κ3) is 3.15. The average molecular weight is 293 g/mol. The molecule has 0 amide bonds. The summed E-state index contributed by atoms with van der Waals surface area (Å²) in [7, 11) is -2.09. The smallest absolute Gasteiger partial charge is 0.279 e. The Balaban J connectivity index is 2.18. The van der Waals surface area contributed by atoms with Crippen LogP contribution in [0.3, 0.4) is 0 Å². The molecular weight excluding hydrogens is 278 g/mol. The highest BCUT2D eigenvalue weighted by atomic mass is 32.2. The maximum absolute atomic E-state index is 12.1. The number of rotatable bonds is 5. The fraction of sp³-hybridized carbons (Fsp3) is 0.167. The van der Waals surface area contributed by atoms with E-state index in [-0.39, 0.29) is 10.9 Å². The Labute approximate surface area is 117 Å². The predicted octanol–water partition coefficient (Wildman–Crippen LogP) is 0.699. The normalized spacial score (nSPS) is 11.2. The van der Waals surface area contributed by atoms with Crippen molar-refractivity contribution in [2.24, 2.45) is 12.8 Å². The molecule has 0 saturated heterocycles. The zero-order chi connectivity index (χ0) is 14.8. The number of hydrogen-bond donors (Lipinski definition) is 3. The summed E-state index contributed by atoms with van der Waals surface area (Å²) in [5, 5.41) is 11.1. The Morgan fingerprint density at radius 1 is 1.35 bits per heavy atom. The lowest BCUT2D eigenvalue weighted by Crippen LogP contribution is -2.16. The van der Waals surface area contributed by atoms with E-state index in [4.69, 9.17) is 11.1 Å². The van der Waals surface area contributed by atoms with E-state index in [0.717, 1.165) is 5.56 Å². The van der Waals surface area contributed by atoms with Gasteiger partial charge in [-0.3, -0.25) is 14.8 Å². The fourth-order valence-electron chi connectivity index (χ4n) is 1.74. The Bertz CT molecular complexity index is 719. The van der Waals surface area contributed by atoms with Crippen LogP contribution < -0.4 is 10.5 Å². The van der Waals surface area contributed by atoms with E-state index in [1.54, 1.807) is 31.3 Å². The van der Waals surface area contributed by atoms with Crippen LogP contribution in [0.4, 0.5) is 5.69 Å². The van der Waals surface area contributed by atoms with E-state index in [2.05, 4.69) is 9.82 Å². The van der Waals surface area contributed by atoms with Crippen LogP contribution in [0.5, 0.6) is 0 Å². The summed E-state index contributed by atoms with van der Waals surface area (Å²) < 4.78 is 28.0. The van der Waals surface area contributed by atoms with Crippen molar-refractivity contribution in [2.45, 2.75) is 11.4 Å². The van der Waals surface area contributed by atoms with Crippen molar-refractivity contribution in [3.63, 3.8) is 0 Å². The van der Waals surface area contributed by atoms with Crippen LogP contribution in [0, 0.1) is 5.41 Å². The first-order valence-corrected chi connectivity index (χ1v) is 7.29. The zero-order valence-electron chi connectivity index (χ0n) is 10.9. The second kappa shape index (κ2) is 5.33. The maximum Gasteiger partial charge on any atom is 0.279 e. The van der Waals surface area contributed by atoms with Crippen molar-refractivity contribution in [1.82, 2.24) is 9.78 Å². The first-order chi connectivity index (χ1) is 9.38. The summed E-state index contributed by atoms with van der Waals surface area (Å²) in [4.78, 5) is 0. The van der Waals surface area contributed by atoms with Crippen LogP contribution in [0.15, 0.2) is 41.6 Å². The minimum absolute atomic E-state index is 0.0632.